The fraction of sp³-hybridized carbons (Fsp3) is 0.500. The molecular weight excluding hydrogens is 258 g/mol. The van der Waals surface area contributed by atoms with Crippen LogP contribution in [-0.2, 0) is 4.79 Å². The molecule has 2 N–H and O–H groups in total. The molecule has 6 heteroatoms. The van der Waals surface area contributed by atoms with Gasteiger partial charge in [-0.1, -0.05) is 19.1 Å². The number of hydrogen-bond donors (Lipinski definition) is 2. The van der Waals surface area contributed by atoms with Gasteiger partial charge >= 0.3 is 0 Å². The first-order valence-corrected chi connectivity index (χ1v) is 6.71. The lowest BCUT2D eigenvalue weighted by molar-refractivity contribution is -0.384. The number of nitro groups is 1. The van der Waals surface area contributed by atoms with Gasteiger partial charge in [-0.15, -0.1) is 0 Å². The summed E-state index contributed by atoms with van der Waals surface area (Å²) in [4.78, 5) is 22.0. The monoisotopic (exact) mass is 279 g/mol. The number of amides is 1. The van der Waals surface area contributed by atoms with Crippen LogP contribution in [0.3, 0.4) is 0 Å². The topological polar surface area (TPSA) is 84.3 Å². The quantitative estimate of drug-likeness (QED) is 0.591. The summed E-state index contributed by atoms with van der Waals surface area (Å²) in [6, 6.07) is 6.51. The highest BCUT2D eigenvalue weighted by molar-refractivity contribution is 5.78. The highest BCUT2D eigenvalue weighted by Gasteiger charge is 2.14. The van der Waals surface area contributed by atoms with Crippen molar-refractivity contribution >= 4 is 11.6 Å². The number of non-ortho nitro benzene ring substituents is 1. The van der Waals surface area contributed by atoms with Crippen LogP contribution in [0.1, 0.15) is 38.8 Å². The summed E-state index contributed by atoms with van der Waals surface area (Å²) >= 11 is 0. The predicted octanol–water partition coefficient (Wildman–Crippen LogP) is 2.16. The lowest BCUT2D eigenvalue weighted by atomic mass is 10.0. The van der Waals surface area contributed by atoms with E-state index >= 15 is 0 Å². The summed E-state index contributed by atoms with van der Waals surface area (Å²) < 4.78 is 0. The number of carbonyl (C=O) groups excluding carboxylic acids is 1. The van der Waals surface area contributed by atoms with E-state index in [1.54, 1.807) is 12.1 Å². The van der Waals surface area contributed by atoms with E-state index in [1.807, 2.05) is 26.8 Å². The zero-order valence-corrected chi connectivity index (χ0v) is 12.1. The minimum atomic E-state index is -0.415. The summed E-state index contributed by atoms with van der Waals surface area (Å²) in [7, 11) is 0. The number of nitro benzene ring substituents is 1. The van der Waals surface area contributed by atoms with Crippen LogP contribution in [-0.4, -0.2) is 23.4 Å². The van der Waals surface area contributed by atoms with Gasteiger partial charge in [0.25, 0.3) is 5.69 Å². The first-order valence-electron chi connectivity index (χ1n) is 6.71. The Morgan fingerprint density at radius 1 is 1.40 bits per heavy atom. The minimum Gasteiger partial charge on any atom is -0.353 e. The molecule has 1 unspecified atom stereocenters. The number of benzene rings is 1. The van der Waals surface area contributed by atoms with Gasteiger partial charge in [-0.3, -0.25) is 14.9 Å². The molecule has 0 bridgehead atoms. The van der Waals surface area contributed by atoms with Crippen LogP contribution >= 0.6 is 0 Å². The third-order valence-electron chi connectivity index (χ3n) is 2.85. The fourth-order valence-corrected chi connectivity index (χ4v) is 1.94. The van der Waals surface area contributed by atoms with E-state index in [-0.39, 0.29) is 30.2 Å². The van der Waals surface area contributed by atoms with Crippen LogP contribution < -0.4 is 10.6 Å². The molecule has 0 aliphatic rings. The van der Waals surface area contributed by atoms with Crippen LogP contribution in [0.5, 0.6) is 0 Å². The summed E-state index contributed by atoms with van der Waals surface area (Å²) in [5, 5.41) is 16.7. The van der Waals surface area contributed by atoms with Crippen LogP contribution in [0.4, 0.5) is 5.69 Å². The SMILES string of the molecule is CCC(NCC(=O)NC(C)C)c1cccc([N+](=O)[O-])c1. The standard InChI is InChI=1S/C14H21N3O3/c1-4-13(15-9-14(18)16-10(2)3)11-6-5-7-12(8-11)17(19)20/h5-8,10,13,15H,4,9H2,1-3H3,(H,16,18). The lowest BCUT2D eigenvalue weighted by Crippen LogP contribution is -2.38. The number of nitrogens with zero attached hydrogens (tertiary/aromatic N) is 1. The molecule has 0 aliphatic heterocycles. The maximum absolute atomic E-state index is 11.6. The maximum atomic E-state index is 11.6. The summed E-state index contributed by atoms with van der Waals surface area (Å²) in [5.74, 6) is -0.0797. The Hall–Kier alpha value is -1.95. The highest BCUT2D eigenvalue weighted by atomic mass is 16.6. The van der Waals surface area contributed by atoms with Crippen LogP contribution in [0, 0.1) is 10.1 Å². The third-order valence-corrected chi connectivity index (χ3v) is 2.85. The predicted molar refractivity (Wildman–Crippen MR) is 77.4 cm³/mol. The molecule has 20 heavy (non-hydrogen) atoms. The second kappa shape index (κ2) is 7.59. The Kier molecular flexibility index (Phi) is 6.11. The van der Waals surface area contributed by atoms with E-state index in [9.17, 15) is 14.9 Å². The highest BCUT2D eigenvalue weighted by Crippen LogP contribution is 2.21. The van der Waals surface area contributed by atoms with Crippen molar-refractivity contribution in [1.82, 2.24) is 10.6 Å². The van der Waals surface area contributed by atoms with Crippen molar-refractivity contribution in [3.05, 3.63) is 39.9 Å². The molecule has 0 fully saturated rings. The van der Waals surface area contributed by atoms with Gasteiger partial charge < -0.3 is 10.6 Å². The van der Waals surface area contributed by atoms with Crippen molar-refractivity contribution in [3.8, 4) is 0 Å². The maximum Gasteiger partial charge on any atom is 0.269 e. The fourth-order valence-electron chi connectivity index (χ4n) is 1.94. The molecule has 0 aromatic heterocycles. The number of nitrogens with one attached hydrogen (secondary N) is 2. The Balaban J connectivity index is 2.69. The Labute approximate surface area is 118 Å². The molecule has 0 aliphatic carbocycles. The first kappa shape index (κ1) is 16.1. The molecule has 0 heterocycles. The molecule has 110 valence electrons. The van der Waals surface area contributed by atoms with Crippen molar-refractivity contribution in [2.45, 2.75) is 39.3 Å². The summed E-state index contributed by atoms with van der Waals surface area (Å²) in [5.41, 5.74) is 0.883. The largest absolute Gasteiger partial charge is 0.353 e. The molecule has 0 spiro atoms. The first-order chi connectivity index (χ1) is 9.43. The molecule has 0 saturated heterocycles. The normalized spacial score (nSPS) is 12.2. The van der Waals surface area contributed by atoms with E-state index < -0.39 is 4.92 Å². The summed E-state index contributed by atoms with van der Waals surface area (Å²) in [6.07, 6.45) is 0.746. The Morgan fingerprint density at radius 2 is 2.10 bits per heavy atom. The minimum absolute atomic E-state index is 0.0642. The zero-order chi connectivity index (χ0) is 15.1. The van der Waals surface area contributed by atoms with Crippen LogP contribution in [0.15, 0.2) is 24.3 Å². The smallest absolute Gasteiger partial charge is 0.269 e. The van der Waals surface area contributed by atoms with Crippen molar-refractivity contribution < 1.29 is 9.72 Å². The van der Waals surface area contributed by atoms with Gasteiger partial charge in [0.15, 0.2) is 0 Å². The number of rotatable bonds is 7. The molecular formula is C14H21N3O3. The lowest BCUT2D eigenvalue weighted by Gasteiger charge is -2.17. The van der Waals surface area contributed by atoms with E-state index in [0.29, 0.717) is 0 Å². The third kappa shape index (κ3) is 4.97. The average Bonchev–Trinajstić information content (AvgIpc) is 2.39. The van der Waals surface area contributed by atoms with Gasteiger partial charge in [-0.25, -0.2) is 0 Å². The van der Waals surface area contributed by atoms with Gasteiger partial charge in [0.05, 0.1) is 11.5 Å². The van der Waals surface area contributed by atoms with Crippen molar-refractivity contribution in [2.24, 2.45) is 0 Å². The molecule has 1 aromatic carbocycles. The average molecular weight is 279 g/mol. The van der Waals surface area contributed by atoms with E-state index in [1.165, 1.54) is 6.07 Å². The van der Waals surface area contributed by atoms with Gasteiger partial charge in [-0.2, -0.15) is 0 Å². The van der Waals surface area contributed by atoms with Gasteiger partial charge in [0.1, 0.15) is 0 Å². The number of hydrogen-bond acceptors (Lipinski definition) is 4. The molecule has 1 atom stereocenters. The second-order valence-electron chi connectivity index (χ2n) is 4.92. The van der Waals surface area contributed by atoms with Gasteiger partial charge in [0, 0.05) is 24.2 Å². The molecule has 0 radical (unpaired) electrons. The Morgan fingerprint density at radius 3 is 2.65 bits per heavy atom. The van der Waals surface area contributed by atoms with Crippen LogP contribution in [0.2, 0.25) is 0 Å². The van der Waals surface area contributed by atoms with E-state index in [0.717, 1.165) is 12.0 Å². The van der Waals surface area contributed by atoms with E-state index in [2.05, 4.69) is 10.6 Å². The van der Waals surface area contributed by atoms with Gasteiger partial charge in [0.2, 0.25) is 5.91 Å². The zero-order valence-electron chi connectivity index (χ0n) is 12.1. The molecule has 1 amide bonds. The van der Waals surface area contributed by atoms with Gasteiger partial charge in [-0.05, 0) is 25.8 Å². The number of carbonyl (C=O) groups is 1. The summed E-state index contributed by atoms with van der Waals surface area (Å²) in [6.45, 7) is 5.96. The molecule has 1 aromatic rings. The second-order valence-corrected chi connectivity index (χ2v) is 4.92. The molecule has 6 nitrogen and oxygen atoms in total. The van der Waals surface area contributed by atoms with Crippen molar-refractivity contribution in [1.29, 1.82) is 0 Å². The van der Waals surface area contributed by atoms with Crippen LogP contribution in [0.25, 0.3) is 0 Å². The Bertz CT molecular complexity index is 474. The molecule has 0 saturated carbocycles. The van der Waals surface area contributed by atoms with E-state index in [4.69, 9.17) is 0 Å². The molecule has 1 rings (SSSR count). The van der Waals surface area contributed by atoms with Crippen molar-refractivity contribution in [3.63, 3.8) is 0 Å². The van der Waals surface area contributed by atoms with Crippen molar-refractivity contribution in [2.75, 3.05) is 6.54 Å².